The predicted molar refractivity (Wildman–Crippen MR) is 106 cm³/mol. The maximum absolute atomic E-state index is 13.8. The van der Waals surface area contributed by atoms with Gasteiger partial charge in [0.15, 0.2) is 11.5 Å². The van der Waals surface area contributed by atoms with E-state index < -0.39 is 5.97 Å². The third-order valence-electron chi connectivity index (χ3n) is 4.15. The first-order chi connectivity index (χ1) is 13.6. The molecule has 0 amide bonds. The number of benzene rings is 3. The van der Waals surface area contributed by atoms with Crippen molar-refractivity contribution >= 4 is 17.6 Å². The Hall–Kier alpha value is -3.60. The summed E-state index contributed by atoms with van der Waals surface area (Å²) in [6, 6.07) is 20.3. The summed E-state index contributed by atoms with van der Waals surface area (Å²) in [4.78, 5) is 11.7. The highest BCUT2D eigenvalue weighted by molar-refractivity contribution is 6.20. The molecule has 0 fully saturated rings. The summed E-state index contributed by atoms with van der Waals surface area (Å²) < 4.78 is 24.9. The summed E-state index contributed by atoms with van der Waals surface area (Å²) >= 11 is 0. The molecule has 0 bridgehead atoms. The lowest BCUT2D eigenvalue weighted by Crippen LogP contribution is -2.01. The number of carbonyl (C=O) groups is 1. The molecule has 0 saturated carbocycles. The average molecular weight is 378 g/mol. The maximum atomic E-state index is 13.8. The quantitative estimate of drug-likeness (QED) is 0.462. The second kappa shape index (κ2) is 8.86. The lowest BCUT2D eigenvalue weighted by molar-refractivity contribution is -0.130. The number of aliphatic carboxylic acids is 1. The predicted octanol–water partition coefficient (Wildman–Crippen LogP) is 5.04. The molecule has 0 aliphatic rings. The normalized spacial score (nSPS) is 11.1. The van der Waals surface area contributed by atoms with Crippen LogP contribution in [0.5, 0.6) is 11.5 Å². The van der Waals surface area contributed by atoms with Crippen molar-refractivity contribution in [3.8, 4) is 11.5 Å². The van der Waals surface area contributed by atoms with Gasteiger partial charge in [-0.25, -0.2) is 9.18 Å². The van der Waals surface area contributed by atoms with Crippen molar-refractivity contribution in [1.29, 1.82) is 0 Å². The van der Waals surface area contributed by atoms with E-state index in [1.54, 1.807) is 66.7 Å². The van der Waals surface area contributed by atoms with Crippen molar-refractivity contribution in [2.45, 2.75) is 6.61 Å². The molecule has 3 aromatic rings. The van der Waals surface area contributed by atoms with Gasteiger partial charge in [0.2, 0.25) is 0 Å². The minimum Gasteiger partial charge on any atom is -0.493 e. The van der Waals surface area contributed by atoms with Gasteiger partial charge in [-0.2, -0.15) is 0 Å². The Morgan fingerprint density at radius 1 is 1.00 bits per heavy atom. The summed E-state index contributed by atoms with van der Waals surface area (Å²) in [5.41, 5.74) is 1.80. The van der Waals surface area contributed by atoms with Crippen LogP contribution in [0.1, 0.15) is 16.7 Å². The Morgan fingerprint density at radius 3 is 2.39 bits per heavy atom. The van der Waals surface area contributed by atoms with Crippen LogP contribution < -0.4 is 9.47 Å². The Kier molecular flexibility index (Phi) is 6.07. The lowest BCUT2D eigenvalue weighted by Gasteiger charge is -2.12. The summed E-state index contributed by atoms with van der Waals surface area (Å²) in [6.07, 6.45) is 1.56. The number of hydrogen-bond donors (Lipinski definition) is 1. The van der Waals surface area contributed by atoms with Gasteiger partial charge in [-0.05, 0) is 35.4 Å². The van der Waals surface area contributed by atoms with Gasteiger partial charge in [0.05, 0.1) is 12.7 Å². The molecule has 1 N–H and O–H groups in total. The largest absolute Gasteiger partial charge is 0.493 e. The molecule has 142 valence electrons. The van der Waals surface area contributed by atoms with Crippen molar-refractivity contribution in [2.24, 2.45) is 0 Å². The third-order valence-corrected chi connectivity index (χ3v) is 4.15. The topological polar surface area (TPSA) is 55.8 Å². The number of rotatable bonds is 7. The molecule has 0 aromatic heterocycles. The highest BCUT2D eigenvalue weighted by atomic mass is 19.1. The molecule has 0 aliphatic carbocycles. The summed E-state index contributed by atoms with van der Waals surface area (Å²) in [5, 5.41) is 9.57. The van der Waals surface area contributed by atoms with Crippen LogP contribution in [0, 0.1) is 5.82 Å². The Morgan fingerprint density at radius 2 is 1.71 bits per heavy atom. The zero-order valence-electron chi connectivity index (χ0n) is 15.3. The molecule has 0 aliphatic heterocycles. The third kappa shape index (κ3) is 4.57. The SMILES string of the molecule is COc1ccc(/C=C(\C(=O)O)c2ccccc2)cc1OCc1ccccc1F. The number of hydrogen-bond acceptors (Lipinski definition) is 3. The molecule has 0 atom stereocenters. The molecule has 3 rings (SSSR count). The molecule has 0 unspecified atom stereocenters. The van der Waals surface area contributed by atoms with Crippen molar-refractivity contribution in [3.05, 3.63) is 95.3 Å². The summed E-state index contributed by atoms with van der Waals surface area (Å²) in [5.74, 6) is -0.506. The van der Waals surface area contributed by atoms with E-state index in [0.717, 1.165) is 0 Å². The van der Waals surface area contributed by atoms with Crippen molar-refractivity contribution in [1.82, 2.24) is 0 Å². The van der Waals surface area contributed by atoms with Crippen LogP contribution in [0.3, 0.4) is 0 Å². The monoisotopic (exact) mass is 378 g/mol. The molecule has 0 radical (unpaired) electrons. The Labute approximate surface area is 162 Å². The first kappa shape index (κ1) is 19.2. The molecule has 4 nitrogen and oxygen atoms in total. The zero-order valence-corrected chi connectivity index (χ0v) is 15.3. The van der Waals surface area contributed by atoms with Crippen molar-refractivity contribution < 1.29 is 23.8 Å². The highest BCUT2D eigenvalue weighted by Crippen LogP contribution is 2.31. The van der Waals surface area contributed by atoms with Crippen LogP contribution in [0.15, 0.2) is 72.8 Å². The molecule has 0 heterocycles. The van der Waals surface area contributed by atoms with E-state index in [1.165, 1.54) is 13.2 Å². The summed E-state index contributed by atoms with van der Waals surface area (Å²) in [6.45, 7) is 0.0284. The first-order valence-electron chi connectivity index (χ1n) is 8.63. The van der Waals surface area contributed by atoms with Crippen molar-refractivity contribution in [2.75, 3.05) is 7.11 Å². The van der Waals surface area contributed by atoms with Crippen LogP contribution in [-0.2, 0) is 11.4 Å². The van der Waals surface area contributed by atoms with Crippen LogP contribution in [0.4, 0.5) is 4.39 Å². The molecule has 28 heavy (non-hydrogen) atoms. The molecule has 0 saturated heterocycles. The second-order valence-electron chi connectivity index (χ2n) is 6.02. The van der Waals surface area contributed by atoms with Crippen LogP contribution >= 0.6 is 0 Å². The number of ether oxygens (including phenoxy) is 2. The maximum Gasteiger partial charge on any atom is 0.336 e. The second-order valence-corrected chi connectivity index (χ2v) is 6.02. The minimum absolute atomic E-state index is 0.0284. The fourth-order valence-electron chi connectivity index (χ4n) is 2.72. The average Bonchev–Trinajstić information content (AvgIpc) is 2.72. The zero-order chi connectivity index (χ0) is 19.9. The first-order valence-corrected chi connectivity index (χ1v) is 8.63. The minimum atomic E-state index is -1.03. The molecular formula is C23H19FO4. The fraction of sp³-hybridized carbons (Fsp3) is 0.0870. The smallest absolute Gasteiger partial charge is 0.336 e. The van der Waals surface area contributed by atoms with Gasteiger partial charge in [0.25, 0.3) is 0 Å². The van der Waals surface area contributed by atoms with Crippen LogP contribution in [-0.4, -0.2) is 18.2 Å². The van der Waals surface area contributed by atoms with E-state index in [2.05, 4.69) is 0 Å². The van der Waals surface area contributed by atoms with Gasteiger partial charge in [-0.1, -0.05) is 54.6 Å². The number of carboxylic acid groups (broad SMARTS) is 1. The Balaban J connectivity index is 1.91. The molecule has 3 aromatic carbocycles. The standard InChI is InChI=1S/C23H19FO4/c1-27-21-12-11-16(13-19(23(25)26)17-7-3-2-4-8-17)14-22(21)28-15-18-9-5-6-10-20(18)24/h2-14H,15H2,1H3,(H,25,26)/b19-13-. The van der Waals surface area contributed by atoms with Gasteiger partial charge >= 0.3 is 5.97 Å². The van der Waals surface area contributed by atoms with E-state index in [-0.39, 0.29) is 18.0 Å². The lowest BCUT2D eigenvalue weighted by atomic mass is 10.0. The number of methoxy groups -OCH3 is 1. The van der Waals surface area contributed by atoms with Crippen LogP contribution in [0.25, 0.3) is 11.6 Å². The van der Waals surface area contributed by atoms with Gasteiger partial charge in [-0.3, -0.25) is 0 Å². The molecule has 0 spiro atoms. The van der Waals surface area contributed by atoms with Crippen LogP contribution in [0.2, 0.25) is 0 Å². The van der Waals surface area contributed by atoms with E-state index >= 15 is 0 Å². The summed E-state index contributed by atoms with van der Waals surface area (Å²) in [7, 11) is 1.51. The van der Waals surface area contributed by atoms with Gasteiger partial charge in [-0.15, -0.1) is 0 Å². The molecule has 5 heteroatoms. The van der Waals surface area contributed by atoms with E-state index in [0.29, 0.717) is 28.2 Å². The van der Waals surface area contributed by atoms with E-state index in [1.807, 2.05) is 6.07 Å². The van der Waals surface area contributed by atoms with E-state index in [4.69, 9.17) is 9.47 Å². The van der Waals surface area contributed by atoms with Gasteiger partial charge in [0, 0.05) is 5.56 Å². The van der Waals surface area contributed by atoms with E-state index in [9.17, 15) is 14.3 Å². The Bertz CT molecular complexity index is 996. The van der Waals surface area contributed by atoms with Crippen molar-refractivity contribution in [3.63, 3.8) is 0 Å². The number of carboxylic acids is 1. The highest BCUT2D eigenvalue weighted by Gasteiger charge is 2.12. The molecular weight excluding hydrogens is 359 g/mol. The van der Waals surface area contributed by atoms with Gasteiger partial charge in [0.1, 0.15) is 12.4 Å². The fourth-order valence-corrected chi connectivity index (χ4v) is 2.72. The number of halogens is 1. The van der Waals surface area contributed by atoms with Gasteiger partial charge < -0.3 is 14.6 Å².